The summed E-state index contributed by atoms with van der Waals surface area (Å²) in [5, 5.41) is 11.8. The van der Waals surface area contributed by atoms with Crippen molar-refractivity contribution in [2.75, 3.05) is 6.54 Å². The van der Waals surface area contributed by atoms with Crippen LogP contribution in [0.5, 0.6) is 0 Å². The minimum absolute atomic E-state index is 0.161. The Balaban J connectivity index is 2.80. The number of benzene rings is 1. The molecule has 0 amide bonds. The molecular formula is C14H19NO3. The molecule has 0 heterocycles. The predicted octanol–water partition coefficient (Wildman–Crippen LogP) is 2.02. The highest BCUT2D eigenvalue weighted by atomic mass is 16.4. The maximum atomic E-state index is 12.2. The Morgan fingerprint density at radius 1 is 1.28 bits per heavy atom. The van der Waals surface area contributed by atoms with Gasteiger partial charge in [0.05, 0.1) is 12.5 Å². The number of carboxylic acids is 1. The molecule has 1 rings (SSSR count). The summed E-state index contributed by atoms with van der Waals surface area (Å²) in [7, 11) is 0. The maximum absolute atomic E-state index is 12.2. The van der Waals surface area contributed by atoms with Gasteiger partial charge in [0.2, 0.25) is 0 Å². The van der Waals surface area contributed by atoms with Gasteiger partial charge >= 0.3 is 5.97 Å². The second-order valence-corrected chi connectivity index (χ2v) is 4.33. The molecule has 1 aromatic carbocycles. The van der Waals surface area contributed by atoms with Crippen molar-refractivity contribution in [3.8, 4) is 0 Å². The molecular weight excluding hydrogens is 230 g/mol. The number of carbonyl (C=O) groups excluding carboxylic acids is 1. The van der Waals surface area contributed by atoms with Gasteiger partial charge in [-0.1, -0.05) is 36.8 Å². The molecule has 4 heteroatoms. The van der Waals surface area contributed by atoms with E-state index in [1.807, 2.05) is 26.0 Å². The standard InChI is InChI=1S/C14H19NO3/c1-3-8-15-12(9-13(16)17)14(18)11-6-4-10(2)5-7-11/h4-7,12,15H,3,8-9H2,1-2H3,(H,16,17). The van der Waals surface area contributed by atoms with E-state index >= 15 is 0 Å². The highest BCUT2D eigenvalue weighted by Crippen LogP contribution is 2.08. The van der Waals surface area contributed by atoms with Crippen LogP contribution in [0, 0.1) is 6.92 Å². The zero-order valence-corrected chi connectivity index (χ0v) is 10.8. The van der Waals surface area contributed by atoms with E-state index in [-0.39, 0.29) is 12.2 Å². The average molecular weight is 249 g/mol. The first-order valence-corrected chi connectivity index (χ1v) is 6.10. The largest absolute Gasteiger partial charge is 0.481 e. The monoisotopic (exact) mass is 249 g/mol. The van der Waals surface area contributed by atoms with Crippen molar-refractivity contribution in [1.82, 2.24) is 5.32 Å². The number of aliphatic carboxylic acids is 1. The summed E-state index contributed by atoms with van der Waals surface area (Å²) < 4.78 is 0. The molecule has 0 radical (unpaired) electrons. The molecule has 1 unspecified atom stereocenters. The van der Waals surface area contributed by atoms with Crippen molar-refractivity contribution < 1.29 is 14.7 Å². The second kappa shape index (κ2) is 6.91. The Labute approximate surface area is 107 Å². The van der Waals surface area contributed by atoms with Gasteiger partial charge in [-0.15, -0.1) is 0 Å². The van der Waals surface area contributed by atoms with Gasteiger partial charge in [0.1, 0.15) is 0 Å². The fraction of sp³-hybridized carbons (Fsp3) is 0.429. The molecule has 1 atom stereocenters. The van der Waals surface area contributed by atoms with E-state index in [4.69, 9.17) is 5.11 Å². The van der Waals surface area contributed by atoms with Crippen molar-refractivity contribution in [1.29, 1.82) is 0 Å². The molecule has 0 aromatic heterocycles. The molecule has 0 aliphatic rings. The predicted molar refractivity (Wildman–Crippen MR) is 69.8 cm³/mol. The van der Waals surface area contributed by atoms with Gasteiger partial charge in [-0.2, -0.15) is 0 Å². The lowest BCUT2D eigenvalue weighted by atomic mass is 10.0. The Bertz CT molecular complexity index is 412. The summed E-state index contributed by atoms with van der Waals surface area (Å²) >= 11 is 0. The van der Waals surface area contributed by atoms with Crippen LogP contribution in [0.2, 0.25) is 0 Å². The molecule has 0 aliphatic carbocycles. The van der Waals surface area contributed by atoms with Crippen LogP contribution in [0.15, 0.2) is 24.3 Å². The molecule has 0 saturated heterocycles. The molecule has 0 saturated carbocycles. The lowest BCUT2D eigenvalue weighted by molar-refractivity contribution is -0.137. The van der Waals surface area contributed by atoms with Crippen molar-refractivity contribution in [2.45, 2.75) is 32.7 Å². The quantitative estimate of drug-likeness (QED) is 0.725. The van der Waals surface area contributed by atoms with Crippen LogP contribution in [-0.4, -0.2) is 29.4 Å². The number of hydrogen-bond donors (Lipinski definition) is 2. The third-order valence-corrected chi connectivity index (χ3v) is 2.67. The molecule has 0 spiro atoms. The summed E-state index contributed by atoms with van der Waals surface area (Å²) in [6, 6.07) is 6.53. The molecule has 4 nitrogen and oxygen atoms in total. The van der Waals surface area contributed by atoms with E-state index in [0.29, 0.717) is 12.1 Å². The molecule has 98 valence electrons. The van der Waals surface area contributed by atoms with Gasteiger partial charge in [0.15, 0.2) is 5.78 Å². The highest BCUT2D eigenvalue weighted by Gasteiger charge is 2.21. The zero-order chi connectivity index (χ0) is 13.5. The summed E-state index contributed by atoms with van der Waals surface area (Å²) in [6.45, 7) is 4.55. The van der Waals surface area contributed by atoms with Crippen LogP contribution in [0.3, 0.4) is 0 Å². The molecule has 0 bridgehead atoms. The highest BCUT2D eigenvalue weighted by molar-refractivity contribution is 6.01. The van der Waals surface area contributed by atoms with Gasteiger partial charge in [0, 0.05) is 5.56 Å². The van der Waals surface area contributed by atoms with E-state index in [1.54, 1.807) is 12.1 Å². The Morgan fingerprint density at radius 3 is 2.39 bits per heavy atom. The van der Waals surface area contributed by atoms with Crippen LogP contribution >= 0.6 is 0 Å². The normalized spacial score (nSPS) is 12.1. The van der Waals surface area contributed by atoms with Crippen LogP contribution in [-0.2, 0) is 4.79 Å². The number of carbonyl (C=O) groups is 2. The zero-order valence-electron chi connectivity index (χ0n) is 10.8. The number of ketones is 1. The minimum Gasteiger partial charge on any atom is -0.481 e. The lowest BCUT2D eigenvalue weighted by Crippen LogP contribution is -2.39. The Hall–Kier alpha value is -1.68. The summed E-state index contributed by atoms with van der Waals surface area (Å²) in [5.41, 5.74) is 1.62. The van der Waals surface area contributed by atoms with Gasteiger partial charge < -0.3 is 10.4 Å². The van der Waals surface area contributed by atoms with E-state index in [1.165, 1.54) is 0 Å². The SMILES string of the molecule is CCCNC(CC(=O)O)C(=O)c1ccc(C)cc1. The number of aryl methyl sites for hydroxylation is 1. The first kappa shape index (κ1) is 14.4. The van der Waals surface area contributed by atoms with E-state index in [2.05, 4.69) is 5.32 Å². The molecule has 0 aliphatic heterocycles. The van der Waals surface area contributed by atoms with Crippen LogP contribution < -0.4 is 5.32 Å². The number of hydrogen-bond acceptors (Lipinski definition) is 3. The van der Waals surface area contributed by atoms with E-state index in [9.17, 15) is 9.59 Å². The third-order valence-electron chi connectivity index (χ3n) is 2.67. The number of Topliss-reactive ketones (excluding diaryl/α,β-unsaturated/α-hetero) is 1. The number of nitrogens with one attached hydrogen (secondary N) is 1. The lowest BCUT2D eigenvalue weighted by Gasteiger charge is -2.15. The van der Waals surface area contributed by atoms with Crippen LogP contribution in [0.4, 0.5) is 0 Å². The topological polar surface area (TPSA) is 66.4 Å². The van der Waals surface area contributed by atoms with Crippen LogP contribution in [0.25, 0.3) is 0 Å². The van der Waals surface area contributed by atoms with Gasteiger partial charge in [0.25, 0.3) is 0 Å². The van der Waals surface area contributed by atoms with Crippen molar-refractivity contribution in [3.05, 3.63) is 35.4 Å². The maximum Gasteiger partial charge on any atom is 0.305 e. The van der Waals surface area contributed by atoms with Crippen LogP contribution in [0.1, 0.15) is 35.7 Å². The number of rotatable bonds is 7. The van der Waals surface area contributed by atoms with Gasteiger partial charge in [-0.05, 0) is 19.9 Å². The summed E-state index contributed by atoms with van der Waals surface area (Å²) in [4.78, 5) is 22.9. The minimum atomic E-state index is -0.968. The first-order valence-electron chi connectivity index (χ1n) is 6.10. The smallest absolute Gasteiger partial charge is 0.305 e. The van der Waals surface area contributed by atoms with Gasteiger partial charge in [-0.3, -0.25) is 9.59 Å². The fourth-order valence-electron chi connectivity index (χ4n) is 1.67. The summed E-state index contributed by atoms with van der Waals surface area (Å²) in [5.74, 6) is -1.13. The summed E-state index contributed by atoms with van der Waals surface area (Å²) in [6.07, 6.45) is 0.671. The number of carboxylic acid groups (broad SMARTS) is 1. The van der Waals surface area contributed by atoms with Crippen molar-refractivity contribution in [2.24, 2.45) is 0 Å². The Kier molecular flexibility index (Phi) is 5.52. The van der Waals surface area contributed by atoms with E-state index in [0.717, 1.165) is 12.0 Å². The molecule has 1 aromatic rings. The third kappa shape index (κ3) is 4.30. The molecule has 18 heavy (non-hydrogen) atoms. The molecule has 0 fully saturated rings. The average Bonchev–Trinajstić information content (AvgIpc) is 2.34. The van der Waals surface area contributed by atoms with E-state index < -0.39 is 12.0 Å². The van der Waals surface area contributed by atoms with Gasteiger partial charge in [-0.25, -0.2) is 0 Å². The van der Waals surface area contributed by atoms with Crippen molar-refractivity contribution >= 4 is 11.8 Å². The molecule has 2 N–H and O–H groups in total. The fourth-order valence-corrected chi connectivity index (χ4v) is 1.67. The second-order valence-electron chi connectivity index (χ2n) is 4.33. The Morgan fingerprint density at radius 2 is 1.89 bits per heavy atom. The van der Waals surface area contributed by atoms with Crippen molar-refractivity contribution in [3.63, 3.8) is 0 Å². The first-order chi connectivity index (χ1) is 8.54.